The van der Waals surface area contributed by atoms with Crippen molar-refractivity contribution in [2.24, 2.45) is 4.99 Å². The summed E-state index contributed by atoms with van der Waals surface area (Å²) in [4.78, 5) is 17.7. The van der Waals surface area contributed by atoms with E-state index >= 15 is 0 Å². The summed E-state index contributed by atoms with van der Waals surface area (Å²) in [6, 6.07) is 10.4. The van der Waals surface area contributed by atoms with Crippen LogP contribution >= 0.6 is 24.0 Å². The predicted molar refractivity (Wildman–Crippen MR) is 119 cm³/mol. The number of carbonyl (C=O) groups is 1. The number of amides is 1. The Morgan fingerprint density at radius 3 is 2.38 bits per heavy atom. The molecule has 1 amide bonds. The van der Waals surface area contributed by atoms with Crippen LogP contribution in [-0.4, -0.2) is 56.3 Å². The molecule has 0 bridgehead atoms. The van der Waals surface area contributed by atoms with Crippen LogP contribution in [0.3, 0.4) is 0 Å². The Kier molecular flexibility index (Phi) is 11.3. The number of halogens is 1. The van der Waals surface area contributed by atoms with Gasteiger partial charge in [-0.25, -0.2) is 4.79 Å². The normalized spacial score (nSPS) is 12.6. The fourth-order valence-electron chi connectivity index (χ4n) is 2.14. The highest BCUT2D eigenvalue weighted by molar-refractivity contribution is 14.0. The topological polar surface area (TPSA) is 66.0 Å². The van der Waals surface area contributed by atoms with E-state index in [1.807, 2.05) is 39.0 Å². The molecular weight excluding hydrogens is 443 g/mol. The zero-order valence-electron chi connectivity index (χ0n) is 16.7. The molecule has 1 aromatic rings. The van der Waals surface area contributed by atoms with E-state index in [0.29, 0.717) is 19.0 Å². The Labute approximate surface area is 174 Å². The Morgan fingerprint density at radius 1 is 1.23 bits per heavy atom. The number of likely N-dealkylation sites (N-methyl/N-ethyl adjacent to an activating group) is 1. The number of nitrogens with one attached hydrogen (secondary N) is 2. The zero-order chi connectivity index (χ0) is 18.9. The van der Waals surface area contributed by atoms with Gasteiger partial charge in [-0.15, -0.1) is 24.0 Å². The molecule has 0 fully saturated rings. The number of aliphatic imine (C=N–C) groups is 1. The first kappa shape index (κ1) is 24.5. The van der Waals surface area contributed by atoms with Gasteiger partial charge in [-0.05, 0) is 32.3 Å². The first-order valence-electron chi connectivity index (χ1n) is 8.66. The van der Waals surface area contributed by atoms with Crippen molar-refractivity contribution in [3.8, 4) is 0 Å². The lowest BCUT2D eigenvalue weighted by atomic mass is 10.0. The largest absolute Gasteiger partial charge is 0.444 e. The average Bonchev–Trinajstić information content (AvgIpc) is 2.56. The first-order valence-corrected chi connectivity index (χ1v) is 8.66. The van der Waals surface area contributed by atoms with Crippen molar-refractivity contribution in [3.05, 3.63) is 35.9 Å². The second kappa shape index (κ2) is 12.0. The molecule has 7 heteroatoms. The van der Waals surface area contributed by atoms with Crippen LogP contribution in [0.2, 0.25) is 0 Å². The van der Waals surface area contributed by atoms with E-state index in [-0.39, 0.29) is 30.1 Å². The number of carbonyl (C=O) groups excluding carboxylic acids is 1. The summed E-state index contributed by atoms with van der Waals surface area (Å²) in [7, 11) is 3.46. The number of nitrogens with zero attached hydrogens (tertiary/aromatic N) is 2. The summed E-state index contributed by atoms with van der Waals surface area (Å²) in [5, 5.41) is 6.53. The van der Waals surface area contributed by atoms with Gasteiger partial charge in [0, 0.05) is 33.7 Å². The lowest BCUT2D eigenvalue weighted by Gasteiger charge is -2.25. The van der Waals surface area contributed by atoms with Crippen LogP contribution in [0.1, 0.15) is 39.2 Å². The third-order valence-corrected chi connectivity index (χ3v) is 3.61. The summed E-state index contributed by atoms with van der Waals surface area (Å²) < 4.78 is 5.32. The second-order valence-corrected chi connectivity index (χ2v) is 7.09. The molecule has 148 valence electrons. The monoisotopic (exact) mass is 476 g/mol. The van der Waals surface area contributed by atoms with E-state index in [0.717, 1.165) is 12.5 Å². The summed E-state index contributed by atoms with van der Waals surface area (Å²) in [6.45, 7) is 9.65. The highest BCUT2D eigenvalue weighted by atomic mass is 127. The third-order valence-electron chi connectivity index (χ3n) is 3.61. The van der Waals surface area contributed by atoms with Gasteiger partial charge >= 0.3 is 6.09 Å². The number of hydrogen-bond acceptors (Lipinski definition) is 3. The van der Waals surface area contributed by atoms with E-state index in [9.17, 15) is 4.79 Å². The molecule has 1 rings (SSSR count). The fourth-order valence-corrected chi connectivity index (χ4v) is 2.14. The molecule has 6 nitrogen and oxygen atoms in total. The molecule has 1 unspecified atom stereocenters. The van der Waals surface area contributed by atoms with Crippen molar-refractivity contribution in [1.82, 2.24) is 15.5 Å². The Morgan fingerprint density at radius 2 is 1.85 bits per heavy atom. The Balaban J connectivity index is 0.00000625. The molecule has 0 aromatic heterocycles. The molecule has 1 aromatic carbocycles. The average molecular weight is 476 g/mol. The van der Waals surface area contributed by atoms with Crippen molar-refractivity contribution in [2.75, 3.05) is 33.7 Å². The number of ether oxygens (including phenoxy) is 1. The smallest absolute Gasteiger partial charge is 0.410 e. The maximum Gasteiger partial charge on any atom is 0.410 e. The van der Waals surface area contributed by atoms with Crippen LogP contribution in [-0.2, 0) is 4.74 Å². The molecule has 0 aliphatic rings. The van der Waals surface area contributed by atoms with Gasteiger partial charge in [-0.2, -0.15) is 0 Å². The van der Waals surface area contributed by atoms with E-state index in [4.69, 9.17) is 4.74 Å². The van der Waals surface area contributed by atoms with Crippen LogP contribution in [0.15, 0.2) is 35.3 Å². The molecule has 0 heterocycles. The summed E-state index contributed by atoms with van der Waals surface area (Å²) >= 11 is 0. The molecule has 0 spiro atoms. The zero-order valence-corrected chi connectivity index (χ0v) is 19.0. The second-order valence-electron chi connectivity index (χ2n) is 7.09. The molecular formula is C19H33IN4O2. The van der Waals surface area contributed by atoms with Gasteiger partial charge in [0.15, 0.2) is 5.96 Å². The minimum atomic E-state index is -0.482. The first-order chi connectivity index (χ1) is 11.7. The minimum absolute atomic E-state index is 0. The van der Waals surface area contributed by atoms with E-state index in [1.54, 1.807) is 19.0 Å². The molecule has 0 aliphatic carbocycles. The third kappa shape index (κ3) is 9.84. The molecule has 0 aliphatic heterocycles. The van der Waals surface area contributed by atoms with Crippen LogP contribution in [0.25, 0.3) is 0 Å². The van der Waals surface area contributed by atoms with E-state index in [2.05, 4.69) is 34.7 Å². The standard InChI is InChI=1S/C19H32N4O2.HI/c1-15(16-10-8-7-9-11-16)14-22-17(20-5)21-12-13-23(6)18(24)25-19(2,3)4;/h7-11,15H,12-14H2,1-6H3,(H2,20,21,22);1H. The molecule has 0 saturated carbocycles. The number of benzene rings is 1. The minimum Gasteiger partial charge on any atom is -0.444 e. The molecule has 0 saturated heterocycles. The van der Waals surface area contributed by atoms with Gasteiger partial charge in [-0.3, -0.25) is 4.99 Å². The van der Waals surface area contributed by atoms with Crippen LogP contribution in [0.5, 0.6) is 0 Å². The number of guanidine groups is 1. The van der Waals surface area contributed by atoms with Gasteiger partial charge in [0.1, 0.15) is 5.60 Å². The summed E-state index contributed by atoms with van der Waals surface area (Å²) in [5.41, 5.74) is 0.805. The predicted octanol–water partition coefficient (Wildman–Crippen LogP) is 3.44. The van der Waals surface area contributed by atoms with Crippen molar-refractivity contribution in [2.45, 2.75) is 39.2 Å². The maximum atomic E-state index is 11.9. The number of rotatable bonds is 6. The van der Waals surface area contributed by atoms with Crippen LogP contribution in [0, 0.1) is 0 Å². The van der Waals surface area contributed by atoms with Crippen molar-refractivity contribution >= 4 is 36.0 Å². The highest BCUT2D eigenvalue weighted by Gasteiger charge is 2.19. The SMILES string of the molecule is CN=C(NCCN(C)C(=O)OC(C)(C)C)NCC(C)c1ccccc1.I. The molecule has 1 atom stereocenters. The highest BCUT2D eigenvalue weighted by Crippen LogP contribution is 2.12. The lowest BCUT2D eigenvalue weighted by molar-refractivity contribution is 0.0302. The Hall–Kier alpha value is -1.51. The number of hydrogen-bond donors (Lipinski definition) is 2. The van der Waals surface area contributed by atoms with Gasteiger partial charge in [0.05, 0.1) is 0 Å². The van der Waals surface area contributed by atoms with Gasteiger partial charge in [0.25, 0.3) is 0 Å². The lowest BCUT2D eigenvalue weighted by Crippen LogP contribution is -2.43. The van der Waals surface area contributed by atoms with Crippen LogP contribution in [0.4, 0.5) is 4.79 Å². The quantitative estimate of drug-likeness (QED) is 0.375. The summed E-state index contributed by atoms with van der Waals surface area (Å²) in [5.74, 6) is 1.10. The fraction of sp³-hybridized carbons (Fsp3) is 0.579. The van der Waals surface area contributed by atoms with Crippen molar-refractivity contribution < 1.29 is 9.53 Å². The Bertz CT molecular complexity index is 558. The molecule has 0 radical (unpaired) electrons. The molecule has 26 heavy (non-hydrogen) atoms. The van der Waals surface area contributed by atoms with Gasteiger partial charge in [0.2, 0.25) is 0 Å². The van der Waals surface area contributed by atoms with E-state index in [1.165, 1.54) is 5.56 Å². The summed E-state index contributed by atoms with van der Waals surface area (Å²) in [6.07, 6.45) is -0.324. The maximum absolute atomic E-state index is 11.9. The molecule has 2 N–H and O–H groups in total. The van der Waals surface area contributed by atoms with Crippen molar-refractivity contribution in [1.29, 1.82) is 0 Å². The van der Waals surface area contributed by atoms with Crippen molar-refractivity contribution in [3.63, 3.8) is 0 Å². The van der Waals surface area contributed by atoms with Gasteiger partial charge in [-0.1, -0.05) is 37.3 Å². The van der Waals surface area contributed by atoms with Crippen LogP contribution < -0.4 is 10.6 Å². The van der Waals surface area contributed by atoms with E-state index < -0.39 is 5.60 Å². The van der Waals surface area contributed by atoms with Gasteiger partial charge < -0.3 is 20.3 Å².